The summed E-state index contributed by atoms with van der Waals surface area (Å²) < 4.78 is 25.7. The first-order valence-corrected chi connectivity index (χ1v) is 10.4. The fourth-order valence-electron chi connectivity index (χ4n) is 2.97. The van der Waals surface area contributed by atoms with Gasteiger partial charge in [0.2, 0.25) is 15.9 Å². The van der Waals surface area contributed by atoms with Crippen LogP contribution in [0.4, 0.5) is 17.1 Å². The molecule has 0 saturated carbocycles. The lowest BCUT2D eigenvalue weighted by Gasteiger charge is -2.26. The van der Waals surface area contributed by atoms with Crippen molar-refractivity contribution in [2.45, 2.75) is 20.8 Å². The van der Waals surface area contributed by atoms with Crippen LogP contribution in [0.2, 0.25) is 5.02 Å². The van der Waals surface area contributed by atoms with Gasteiger partial charge in [0.15, 0.2) is 0 Å². The number of aryl methyl sites for hydroxylation is 3. The third-order valence-corrected chi connectivity index (χ3v) is 5.45. The first-order chi connectivity index (χ1) is 12.9. The van der Waals surface area contributed by atoms with E-state index in [2.05, 4.69) is 5.32 Å². The van der Waals surface area contributed by atoms with E-state index in [-0.39, 0.29) is 16.4 Å². The fraction of sp³-hybridized carbons (Fsp3) is 0.278. The van der Waals surface area contributed by atoms with Gasteiger partial charge in [0.25, 0.3) is 5.69 Å². The van der Waals surface area contributed by atoms with Crippen molar-refractivity contribution in [2.75, 3.05) is 22.4 Å². The second kappa shape index (κ2) is 8.15. The van der Waals surface area contributed by atoms with Crippen LogP contribution >= 0.6 is 11.6 Å². The highest BCUT2D eigenvalue weighted by atomic mass is 35.5. The normalized spacial score (nSPS) is 11.2. The van der Waals surface area contributed by atoms with Gasteiger partial charge >= 0.3 is 0 Å². The van der Waals surface area contributed by atoms with Crippen molar-refractivity contribution in [1.29, 1.82) is 0 Å². The molecule has 0 heterocycles. The standard InChI is InChI=1S/C18H20ClN3O5S/c1-11-7-12(2)18(13(3)8-11)21(28(4,26)27)10-17(23)20-16-9-14(22(24)25)5-6-15(16)19/h5-9H,10H2,1-4H3,(H,20,23). The minimum Gasteiger partial charge on any atom is -0.323 e. The minimum atomic E-state index is -3.76. The third-order valence-electron chi connectivity index (χ3n) is 4.01. The van der Waals surface area contributed by atoms with Gasteiger partial charge in [-0.25, -0.2) is 8.42 Å². The van der Waals surface area contributed by atoms with Gasteiger partial charge < -0.3 is 5.32 Å². The first kappa shape index (κ1) is 21.6. The number of non-ortho nitro benzene ring substituents is 1. The van der Waals surface area contributed by atoms with Crippen molar-refractivity contribution in [1.82, 2.24) is 0 Å². The van der Waals surface area contributed by atoms with E-state index < -0.39 is 27.4 Å². The number of carbonyl (C=O) groups is 1. The monoisotopic (exact) mass is 425 g/mol. The highest BCUT2D eigenvalue weighted by molar-refractivity contribution is 7.92. The molecule has 2 aromatic rings. The summed E-state index contributed by atoms with van der Waals surface area (Å²) in [5.74, 6) is -0.674. The summed E-state index contributed by atoms with van der Waals surface area (Å²) in [7, 11) is -3.76. The zero-order chi connectivity index (χ0) is 21.2. The summed E-state index contributed by atoms with van der Waals surface area (Å²) in [6, 6.07) is 7.27. The zero-order valence-corrected chi connectivity index (χ0v) is 17.4. The zero-order valence-electron chi connectivity index (χ0n) is 15.8. The smallest absolute Gasteiger partial charge is 0.271 e. The highest BCUT2D eigenvalue weighted by Crippen LogP contribution is 2.29. The molecule has 0 aromatic heterocycles. The molecule has 0 spiro atoms. The molecule has 0 aliphatic carbocycles. The molecule has 0 aliphatic rings. The van der Waals surface area contributed by atoms with Crippen LogP contribution in [0.25, 0.3) is 0 Å². The molecule has 8 nitrogen and oxygen atoms in total. The van der Waals surface area contributed by atoms with E-state index in [1.54, 1.807) is 13.8 Å². The molecule has 10 heteroatoms. The molecule has 1 N–H and O–H groups in total. The van der Waals surface area contributed by atoms with Crippen LogP contribution in [0.15, 0.2) is 30.3 Å². The number of nitro benzene ring substituents is 1. The lowest BCUT2D eigenvalue weighted by Crippen LogP contribution is -2.38. The van der Waals surface area contributed by atoms with E-state index in [1.165, 1.54) is 12.1 Å². The molecule has 0 unspecified atom stereocenters. The Morgan fingerprint density at radius 3 is 2.25 bits per heavy atom. The number of anilines is 2. The largest absolute Gasteiger partial charge is 0.323 e. The van der Waals surface area contributed by atoms with E-state index in [0.717, 1.165) is 22.2 Å². The van der Waals surface area contributed by atoms with Crippen LogP contribution in [-0.2, 0) is 14.8 Å². The maximum atomic E-state index is 12.5. The maximum Gasteiger partial charge on any atom is 0.271 e. The summed E-state index contributed by atoms with van der Waals surface area (Å²) in [6.45, 7) is 4.93. The quantitative estimate of drug-likeness (QED) is 0.561. The summed E-state index contributed by atoms with van der Waals surface area (Å²) in [5, 5.41) is 13.5. The number of nitro groups is 1. The average Bonchev–Trinajstić information content (AvgIpc) is 2.54. The summed E-state index contributed by atoms with van der Waals surface area (Å²) >= 11 is 5.99. The summed E-state index contributed by atoms with van der Waals surface area (Å²) in [5.41, 5.74) is 2.61. The SMILES string of the molecule is Cc1cc(C)c(N(CC(=O)Nc2cc([N+](=O)[O-])ccc2Cl)S(C)(=O)=O)c(C)c1. The molecule has 0 bridgehead atoms. The number of amides is 1. The lowest BCUT2D eigenvalue weighted by molar-refractivity contribution is -0.384. The van der Waals surface area contributed by atoms with Gasteiger partial charge in [-0.05, 0) is 38.0 Å². The molecule has 0 fully saturated rings. The van der Waals surface area contributed by atoms with Crippen molar-refractivity contribution in [2.24, 2.45) is 0 Å². The van der Waals surface area contributed by atoms with E-state index >= 15 is 0 Å². The Labute approximate surface area is 168 Å². The fourth-order valence-corrected chi connectivity index (χ4v) is 4.11. The van der Waals surface area contributed by atoms with Crippen molar-refractivity contribution in [3.8, 4) is 0 Å². The van der Waals surface area contributed by atoms with Crippen LogP contribution in [-0.4, -0.2) is 32.0 Å². The molecule has 150 valence electrons. The molecular weight excluding hydrogens is 406 g/mol. The van der Waals surface area contributed by atoms with E-state index in [0.29, 0.717) is 16.8 Å². The number of rotatable bonds is 6. The lowest BCUT2D eigenvalue weighted by atomic mass is 10.1. The number of sulfonamides is 1. The minimum absolute atomic E-state index is 0.0340. The number of nitrogens with zero attached hydrogens (tertiary/aromatic N) is 2. The summed E-state index contributed by atoms with van der Waals surface area (Å²) in [4.78, 5) is 22.8. The van der Waals surface area contributed by atoms with Crippen LogP contribution in [0.1, 0.15) is 16.7 Å². The Balaban J connectivity index is 2.36. The molecule has 0 aliphatic heterocycles. The molecule has 0 radical (unpaired) electrons. The topological polar surface area (TPSA) is 110 Å². The van der Waals surface area contributed by atoms with Crippen molar-refractivity contribution in [3.63, 3.8) is 0 Å². The van der Waals surface area contributed by atoms with Crippen LogP contribution in [0.5, 0.6) is 0 Å². The van der Waals surface area contributed by atoms with Gasteiger partial charge in [-0.3, -0.25) is 19.2 Å². The van der Waals surface area contributed by atoms with Crippen LogP contribution in [0, 0.1) is 30.9 Å². The Kier molecular flexibility index (Phi) is 6.30. The predicted molar refractivity (Wildman–Crippen MR) is 110 cm³/mol. The Bertz CT molecular complexity index is 1030. The van der Waals surface area contributed by atoms with Crippen LogP contribution < -0.4 is 9.62 Å². The van der Waals surface area contributed by atoms with Gasteiger partial charge in [-0.1, -0.05) is 29.3 Å². The summed E-state index contributed by atoms with van der Waals surface area (Å²) in [6.07, 6.45) is 1.01. The number of hydrogen-bond acceptors (Lipinski definition) is 5. The number of benzene rings is 2. The van der Waals surface area contributed by atoms with E-state index in [1.807, 2.05) is 19.1 Å². The first-order valence-electron chi connectivity index (χ1n) is 8.19. The number of halogens is 1. The van der Waals surface area contributed by atoms with E-state index in [9.17, 15) is 23.3 Å². The van der Waals surface area contributed by atoms with Crippen molar-refractivity contribution >= 4 is 44.6 Å². The van der Waals surface area contributed by atoms with Gasteiger partial charge in [0.05, 0.1) is 27.6 Å². The van der Waals surface area contributed by atoms with Gasteiger partial charge in [0.1, 0.15) is 6.54 Å². The van der Waals surface area contributed by atoms with Gasteiger partial charge in [-0.15, -0.1) is 0 Å². The predicted octanol–water partition coefficient (Wildman–Crippen LogP) is 3.58. The van der Waals surface area contributed by atoms with Crippen LogP contribution in [0.3, 0.4) is 0 Å². The average molecular weight is 426 g/mol. The molecule has 2 aromatic carbocycles. The van der Waals surface area contributed by atoms with Gasteiger partial charge in [-0.2, -0.15) is 0 Å². The highest BCUT2D eigenvalue weighted by Gasteiger charge is 2.25. The van der Waals surface area contributed by atoms with Crippen molar-refractivity contribution < 1.29 is 18.1 Å². The Hall–Kier alpha value is -2.65. The Morgan fingerprint density at radius 2 is 1.75 bits per heavy atom. The van der Waals surface area contributed by atoms with E-state index in [4.69, 9.17) is 11.6 Å². The molecule has 0 saturated heterocycles. The molecule has 2 rings (SSSR count). The number of nitrogens with one attached hydrogen (secondary N) is 1. The molecule has 28 heavy (non-hydrogen) atoms. The number of carbonyl (C=O) groups excluding carboxylic acids is 1. The number of hydrogen-bond donors (Lipinski definition) is 1. The molecule has 0 atom stereocenters. The molecular formula is C18H20ClN3O5S. The van der Waals surface area contributed by atoms with Crippen molar-refractivity contribution in [3.05, 3.63) is 62.2 Å². The second-order valence-electron chi connectivity index (χ2n) is 6.49. The maximum absolute atomic E-state index is 12.5. The second-order valence-corrected chi connectivity index (χ2v) is 8.80. The van der Waals surface area contributed by atoms with Gasteiger partial charge in [0, 0.05) is 12.1 Å². The Morgan fingerprint density at radius 1 is 1.18 bits per heavy atom. The molecule has 1 amide bonds. The third kappa shape index (κ3) is 4.99.